The number of ether oxygens (including phenoxy) is 2. The molecular weight excluding hydrogens is 332 g/mol. The minimum atomic E-state index is -0.350. The van der Waals surface area contributed by atoms with Gasteiger partial charge in [0.25, 0.3) is 5.91 Å². The highest BCUT2D eigenvalue weighted by Gasteiger charge is 2.17. The van der Waals surface area contributed by atoms with E-state index in [4.69, 9.17) is 20.7 Å². The van der Waals surface area contributed by atoms with E-state index in [1.165, 1.54) is 14.2 Å². The summed E-state index contributed by atoms with van der Waals surface area (Å²) in [5.74, 6) is 3.19. The molecule has 1 amide bonds. The van der Waals surface area contributed by atoms with Gasteiger partial charge in [-0.2, -0.15) is 0 Å². The summed E-state index contributed by atoms with van der Waals surface area (Å²) in [5.41, 5.74) is 1.57. The SMILES string of the molecule is C#CCOc1ccccc1OCc1ccccc1/C(=N\OC)C(=O)NC. The summed E-state index contributed by atoms with van der Waals surface area (Å²) >= 11 is 0. The number of hydrogen-bond donors (Lipinski definition) is 1. The molecule has 134 valence electrons. The Balaban J connectivity index is 2.26. The normalized spacial score (nSPS) is 10.6. The number of oxime groups is 1. The topological polar surface area (TPSA) is 69.1 Å². The van der Waals surface area contributed by atoms with Gasteiger partial charge >= 0.3 is 0 Å². The second kappa shape index (κ2) is 9.74. The maximum atomic E-state index is 12.1. The van der Waals surface area contributed by atoms with E-state index in [0.29, 0.717) is 17.1 Å². The molecule has 2 aromatic rings. The number of likely N-dealkylation sites (N-methyl/N-ethyl adjacent to an activating group) is 1. The molecule has 6 nitrogen and oxygen atoms in total. The average Bonchev–Trinajstić information content (AvgIpc) is 2.69. The molecule has 0 spiro atoms. The molecule has 0 bridgehead atoms. The molecule has 26 heavy (non-hydrogen) atoms. The van der Waals surface area contributed by atoms with Gasteiger partial charge in [0, 0.05) is 12.6 Å². The molecule has 2 rings (SSSR count). The number of carbonyl (C=O) groups excluding carboxylic acids is 1. The first-order chi connectivity index (χ1) is 12.7. The Morgan fingerprint density at radius 1 is 1.12 bits per heavy atom. The number of nitrogens with one attached hydrogen (secondary N) is 1. The van der Waals surface area contributed by atoms with Gasteiger partial charge in [0.15, 0.2) is 17.2 Å². The lowest BCUT2D eigenvalue weighted by Gasteiger charge is -2.14. The predicted molar refractivity (Wildman–Crippen MR) is 99.2 cm³/mol. The first-order valence-electron chi connectivity index (χ1n) is 7.90. The van der Waals surface area contributed by atoms with Crippen molar-refractivity contribution in [1.82, 2.24) is 5.32 Å². The number of amides is 1. The number of rotatable bonds is 8. The van der Waals surface area contributed by atoms with Crippen LogP contribution in [0.15, 0.2) is 53.7 Å². The highest BCUT2D eigenvalue weighted by molar-refractivity contribution is 6.45. The van der Waals surface area contributed by atoms with Crippen molar-refractivity contribution >= 4 is 11.6 Å². The van der Waals surface area contributed by atoms with Crippen LogP contribution in [0.3, 0.4) is 0 Å². The van der Waals surface area contributed by atoms with E-state index < -0.39 is 0 Å². The highest BCUT2D eigenvalue weighted by atomic mass is 16.6. The van der Waals surface area contributed by atoms with Crippen LogP contribution in [0, 0.1) is 12.3 Å². The summed E-state index contributed by atoms with van der Waals surface area (Å²) in [5, 5.41) is 6.39. The van der Waals surface area contributed by atoms with Crippen LogP contribution >= 0.6 is 0 Å². The number of hydrogen-bond acceptors (Lipinski definition) is 5. The van der Waals surface area contributed by atoms with Crippen LogP contribution in [-0.4, -0.2) is 32.4 Å². The second-order valence-corrected chi connectivity index (χ2v) is 5.09. The van der Waals surface area contributed by atoms with Gasteiger partial charge in [-0.1, -0.05) is 47.5 Å². The van der Waals surface area contributed by atoms with Crippen molar-refractivity contribution in [2.24, 2.45) is 5.16 Å². The van der Waals surface area contributed by atoms with Crippen molar-refractivity contribution in [2.75, 3.05) is 20.8 Å². The molecule has 0 radical (unpaired) electrons. The average molecular weight is 352 g/mol. The fraction of sp³-hybridized carbons (Fsp3) is 0.200. The van der Waals surface area contributed by atoms with E-state index in [-0.39, 0.29) is 24.8 Å². The summed E-state index contributed by atoms with van der Waals surface area (Å²) in [6, 6.07) is 14.6. The molecule has 0 aliphatic rings. The maximum absolute atomic E-state index is 12.1. The lowest BCUT2D eigenvalue weighted by molar-refractivity contribution is -0.114. The fourth-order valence-electron chi connectivity index (χ4n) is 2.26. The van der Waals surface area contributed by atoms with Crippen molar-refractivity contribution in [3.05, 3.63) is 59.7 Å². The standard InChI is InChI=1S/C20H20N2O4/c1-4-13-25-17-11-7-8-12-18(17)26-14-15-9-5-6-10-16(15)19(22-24-3)20(23)21-2/h1,5-12H,13-14H2,2-3H3,(H,21,23)/b22-19+. The van der Waals surface area contributed by atoms with Gasteiger partial charge in [-0.25, -0.2) is 0 Å². The van der Waals surface area contributed by atoms with Gasteiger partial charge in [0.2, 0.25) is 0 Å². The smallest absolute Gasteiger partial charge is 0.273 e. The van der Waals surface area contributed by atoms with E-state index in [1.54, 1.807) is 18.2 Å². The molecule has 2 aromatic carbocycles. The zero-order valence-electron chi connectivity index (χ0n) is 14.7. The molecular formula is C20H20N2O4. The van der Waals surface area contributed by atoms with Crippen LogP contribution in [0.4, 0.5) is 0 Å². The van der Waals surface area contributed by atoms with Crippen LogP contribution in [0.25, 0.3) is 0 Å². The first kappa shape index (κ1) is 18.9. The minimum Gasteiger partial charge on any atom is -0.485 e. The predicted octanol–water partition coefficient (Wildman–Crippen LogP) is 2.37. The molecule has 0 saturated heterocycles. The van der Waals surface area contributed by atoms with Crippen LogP contribution in [0.2, 0.25) is 0 Å². The van der Waals surface area contributed by atoms with Gasteiger partial charge in [-0.15, -0.1) is 6.42 Å². The van der Waals surface area contributed by atoms with Gasteiger partial charge in [-0.3, -0.25) is 4.79 Å². The Kier molecular flexibility index (Phi) is 7.07. The third-order valence-electron chi connectivity index (χ3n) is 3.44. The fourth-order valence-corrected chi connectivity index (χ4v) is 2.26. The highest BCUT2D eigenvalue weighted by Crippen LogP contribution is 2.27. The Labute approximate surface area is 152 Å². The molecule has 0 unspecified atom stereocenters. The van der Waals surface area contributed by atoms with Crippen molar-refractivity contribution in [3.8, 4) is 23.8 Å². The minimum absolute atomic E-state index is 0.151. The van der Waals surface area contributed by atoms with Crippen molar-refractivity contribution < 1.29 is 19.1 Å². The number of terminal acetylenes is 1. The van der Waals surface area contributed by atoms with Crippen molar-refractivity contribution in [3.63, 3.8) is 0 Å². The summed E-state index contributed by atoms with van der Waals surface area (Å²) in [6.07, 6.45) is 5.24. The first-order valence-corrected chi connectivity index (χ1v) is 7.90. The summed E-state index contributed by atoms with van der Waals surface area (Å²) in [6.45, 7) is 0.366. The van der Waals surface area contributed by atoms with E-state index in [1.807, 2.05) is 30.3 Å². The zero-order chi connectivity index (χ0) is 18.8. The Morgan fingerprint density at radius 2 is 1.77 bits per heavy atom. The lowest BCUT2D eigenvalue weighted by Crippen LogP contribution is -2.29. The van der Waals surface area contributed by atoms with Crippen LogP contribution in [0.1, 0.15) is 11.1 Å². The maximum Gasteiger partial charge on any atom is 0.273 e. The largest absolute Gasteiger partial charge is 0.485 e. The van der Waals surface area contributed by atoms with E-state index >= 15 is 0 Å². The van der Waals surface area contributed by atoms with Gasteiger partial charge < -0.3 is 19.6 Å². The van der Waals surface area contributed by atoms with Gasteiger partial charge in [-0.05, 0) is 17.7 Å². The monoisotopic (exact) mass is 352 g/mol. The molecule has 0 aliphatic heterocycles. The van der Waals surface area contributed by atoms with Crippen molar-refractivity contribution in [2.45, 2.75) is 6.61 Å². The summed E-state index contributed by atoms with van der Waals surface area (Å²) in [7, 11) is 2.92. The number of para-hydroxylation sites is 2. The number of benzene rings is 2. The van der Waals surface area contributed by atoms with Crippen LogP contribution in [0.5, 0.6) is 11.5 Å². The van der Waals surface area contributed by atoms with Crippen LogP contribution in [-0.2, 0) is 16.2 Å². The number of carbonyl (C=O) groups is 1. The van der Waals surface area contributed by atoms with E-state index in [9.17, 15) is 4.79 Å². The van der Waals surface area contributed by atoms with E-state index in [0.717, 1.165) is 5.56 Å². The molecule has 0 atom stereocenters. The Hall–Kier alpha value is -3.46. The summed E-state index contributed by atoms with van der Waals surface area (Å²) < 4.78 is 11.4. The van der Waals surface area contributed by atoms with Gasteiger partial charge in [0.05, 0.1) is 0 Å². The third-order valence-corrected chi connectivity index (χ3v) is 3.44. The second-order valence-electron chi connectivity index (χ2n) is 5.09. The molecule has 0 fully saturated rings. The molecule has 0 saturated carbocycles. The van der Waals surface area contributed by atoms with Crippen LogP contribution < -0.4 is 14.8 Å². The van der Waals surface area contributed by atoms with E-state index in [2.05, 4.69) is 16.4 Å². The molecule has 0 aliphatic carbocycles. The summed E-state index contributed by atoms with van der Waals surface area (Å²) in [4.78, 5) is 16.9. The quantitative estimate of drug-likeness (QED) is 0.450. The molecule has 0 aromatic heterocycles. The Bertz CT molecular complexity index is 825. The number of nitrogens with zero attached hydrogens (tertiary/aromatic N) is 1. The molecule has 0 heterocycles. The molecule has 1 N–H and O–H groups in total. The zero-order valence-corrected chi connectivity index (χ0v) is 14.7. The third kappa shape index (κ3) is 4.77. The van der Waals surface area contributed by atoms with Gasteiger partial charge in [0.1, 0.15) is 20.3 Å². The Morgan fingerprint density at radius 3 is 2.42 bits per heavy atom. The lowest BCUT2D eigenvalue weighted by atomic mass is 10.0. The van der Waals surface area contributed by atoms with Crippen molar-refractivity contribution in [1.29, 1.82) is 0 Å². The molecule has 6 heteroatoms.